The standard InChI is InChI=1S/C17H34N2O/c1-3-16-13-18-17(15-9-5-4-6-10-15)14-19(16)11-7-8-12-20-2/h15-18H,3-14H2,1-2H3. The predicted molar refractivity (Wildman–Crippen MR) is 85.1 cm³/mol. The first kappa shape index (κ1) is 16.3. The number of nitrogens with one attached hydrogen (secondary N) is 1. The summed E-state index contributed by atoms with van der Waals surface area (Å²) in [5.74, 6) is 0.933. The van der Waals surface area contributed by atoms with Gasteiger partial charge in [-0.15, -0.1) is 0 Å². The highest BCUT2D eigenvalue weighted by Crippen LogP contribution is 2.28. The quantitative estimate of drug-likeness (QED) is 0.726. The summed E-state index contributed by atoms with van der Waals surface area (Å²) >= 11 is 0. The lowest BCUT2D eigenvalue weighted by atomic mass is 9.82. The van der Waals surface area contributed by atoms with Crippen molar-refractivity contribution in [1.82, 2.24) is 10.2 Å². The Bertz CT molecular complexity index is 253. The molecule has 1 aliphatic heterocycles. The van der Waals surface area contributed by atoms with Gasteiger partial charge in [0.15, 0.2) is 0 Å². The van der Waals surface area contributed by atoms with Crippen LogP contribution in [0.4, 0.5) is 0 Å². The second-order valence-electron chi connectivity index (χ2n) is 6.67. The van der Waals surface area contributed by atoms with Gasteiger partial charge in [-0.25, -0.2) is 0 Å². The molecule has 2 rings (SSSR count). The third kappa shape index (κ3) is 4.71. The summed E-state index contributed by atoms with van der Waals surface area (Å²) in [6, 6.07) is 1.50. The number of hydrogen-bond donors (Lipinski definition) is 1. The van der Waals surface area contributed by atoms with Crippen LogP contribution in [0.1, 0.15) is 58.3 Å². The molecule has 0 radical (unpaired) electrons. The zero-order valence-corrected chi connectivity index (χ0v) is 13.6. The summed E-state index contributed by atoms with van der Waals surface area (Å²) in [6.45, 7) is 6.97. The lowest BCUT2D eigenvalue weighted by Gasteiger charge is -2.44. The fraction of sp³-hybridized carbons (Fsp3) is 1.00. The van der Waals surface area contributed by atoms with Crippen LogP contribution in [-0.2, 0) is 4.74 Å². The molecule has 1 aliphatic carbocycles. The van der Waals surface area contributed by atoms with Gasteiger partial charge in [-0.05, 0) is 44.6 Å². The van der Waals surface area contributed by atoms with Crippen molar-refractivity contribution in [3.63, 3.8) is 0 Å². The first-order valence-electron chi connectivity index (χ1n) is 8.81. The first-order chi connectivity index (χ1) is 9.85. The maximum Gasteiger partial charge on any atom is 0.0462 e. The van der Waals surface area contributed by atoms with E-state index in [1.807, 2.05) is 0 Å². The third-order valence-corrected chi connectivity index (χ3v) is 5.30. The minimum atomic E-state index is 0.748. The van der Waals surface area contributed by atoms with Crippen LogP contribution in [0.2, 0.25) is 0 Å². The van der Waals surface area contributed by atoms with E-state index in [0.29, 0.717) is 0 Å². The van der Waals surface area contributed by atoms with Crippen molar-refractivity contribution < 1.29 is 4.74 Å². The van der Waals surface area contributed by atoms with Crippen molar-refractivity contribution in [2.45, 2.75) is 70.4 Å². The minimum absolute atomic E-state index is 0.748. The number of nitrogens with zero attached hydrogens (tertiary/aromatic N) is 1. The molecule has 118 valence electrons. The highest BCUT2D eigenvalue weighted by Gasteiger charge is 2.31. The Labute approximate surface area is 125 Å². The van der Waals surface area contributed by atoms with Crippen LogP contribution in [0.15, 0.2) is 0 Å². The molecule has 1 saturated heterocycles. The van der Waals surface area contributed by atoms with E-state index >= 15 is 0 Å². The molecule has 2 unspecified atom stereocenters. The van der Waals surface area contributed by atoms with E-state index in [4.69, 9.17) is 4.74 Å². The van der Waals surface area contributed by atoms with Crippen molar-refractivity contribution >= 4 is 0 Å². The molecule has 0 aromatic rings. The van der Waals surface area contributed by atoms with E-state index in [9.17, 15) is 0 Å². The smallest absolute Gasteiger partial charge is 0.0462 e. The second kappa shape index (κ2) is 9.01. The molecule has 2 atom stereocenters. The molecule has 1 heterocycles. The van der Waals surface area contributed by atoms with Crippen LogP contribution in [0, 0.1) is 5.92 Å². The molecule has 0 aromatic carbocycles. The lowest BCUT2D eigenvalue weighted by molar-refractivity contribution is 0.0889. The molecule has 3 nitrogen and oxygen atoms in total. The first-order valence-corrected chi connectivity index (χ1v) is 8.81. The van der Waals surface area contributed by atoms with E-state index < -0.39 is 0 Å². The van der Waals surface area contributed by atoms with Gasteiger partial charge in [0.25, 0.3) is 0 Å². The van der Waals surface area contributed by atoms with Gasteiger partial charge in [-0.3, -0.25) is 4.90 Å². The SMILES string of the molecule is CCC1CNC(C2CCCCC2)CN1CCCCOC. The van der Waals surface area contributed by atoms with Crippen LogP contribution < -0.4 is 5.32 Å². The van der Waals surface area contributed by atoms with Crippen LogP contribution in [0.5, 0.6) is 0 Å². The maximum atomic E-state index is 5.17. The largest absolute Gasteiger partial charge is 0.385 e. The van der Waals surface area contributed by atoms with Gasteiger partial charge in [0, 0.05) is 38.9 Å². The summed E-state index contributed by atoms with van der Waals surface area (Å²) in [5.41, 5.74) is 0. The summed E-state index contributed by atoms with van der Waals surface area (Å²) in [7, 11) is 1.80. The molecule has 1 N–H and O–H groups in total. The molecule has 1 saturated carbocycles. The monoisotopic (exact) mass is 282 g/mol. The number of methoxy groups -OCH3 is 1. The van der Waals surface area contributed by atoms with Crippen molar-refractivity contribution in [1.29, 1.82) is 0 Å². The van der Waals surface area contributed by atoms with Crippen molar-refractivity contribution in [3.8, 4) is 0 Å². The molecule has 0 bridgehead atoms. The Balaban J connectivity index is 1.79. The Morgan fingerprint density at radius 2 is 1.95 bits per heavy atom. The third-order valence-electron chi connectivity index (χ3n) is 5.30. The fourth-order valence-corrected chi connectivity index (χ4v) is 3.97. The van der Waals surface area contributed by atoms with Gasteiger partial charge in [0.05, 0.1) is 0 Å². The van der Waals surface area contributed by atoms with Gasteiger partial charge in [-0.2, -0.15) is 0 Å². The van der Waals surface area contributed by atoms with E-state index in [-0.39, 0.29) is 0 Å². The highest BCUT2D eigenvalue weighted by atomic mass is 16.5. The second-order valence-corrected chi connectivity index (χ2v) is 6.67. The Morgan fingerprint density at radius 3 is 2.65 bits per heavy atom. The van der Waals surface area contributed by atoms with Crippen molar-refractivity contribution in [2.75, 3.05) is 33.4 Å². The van der Waals surface area contributed by atoms with Gasteiger partial charge < -0.3 is 10.1 Å². The summed E-state index contributed by atoms with van der Waals surface area (Å²) < 4.78 is 5.17. The number of rotatable bonds is 7. The van der Waals surface area contributed by atoms with Gasteiger partial charge in [0.2, 0.25) is 0 Å². The van der Waals surface area contributed by atoms with E-state index in [2.05, 4.69) is 17.1 Å². The average molecular weight is 282 g/mol. The molecule has 0 amide bonds. The van der Waals surface area contributed by atoms with E-state index in [0.717, 1.165) is 24.6 Å². The number of piperazine rings is 1. The molecular formula is C17H34N2O. The molecule has 3 heteroatoms. The number of hydrogen-bond acceptors (Lipinski definition) is 3. The molecular weight excluding hydrogens is 248 g/mol. The van der Waals surface area contributed by atoms with Crippen LogP contribution in [0.25, 0.3) is 0 Å². The highest BCUT2D eigenvalue weighted by molar-refractivity contribution is 4.90. The average Bonchev–Trinajstić information content (AvgIpc) is 2.52. The van der Waals surface area contributed by atoms with Gasteiger partial charge in [0.1, 0.15) is 0 Å². The van der Waals surface area contributed by atoms with Gasteiger partial charge in [-0.1, -0.05) is 26.2 Å². The summed E-state index contributed by atoms with van der Waals surface area (Å²) in [5, 5.41) is 3.86. The van der Waals surface area contributed by atoms with Crippen molar-refractivity contribution in [2.24, 2.45) is 5.92 Å². The minimum Gasteiger partial charge on any atom is -0.385 e. The molecule has 20 heavy (non-hydrogen) atoms. The van der Waals surface area contributed by atoms with Crippen molar-refractivity contribution in [3.05, 3.63) is 0 Å². The van der Waals surface area contributed by atoms with Gasteiger partial charge >= 0.3 is 0 Å². The van der Waals surface area contributed by atoms with Crippen LogP contribution in [0.3, 0.4) is 0 Å². The molecule has 0 aromatic heterocycles. The van der Waals surface area contributed by atoms with Crippen LogP contribution in [-0.4, -0.2) is 50.3 Å². The fourth-order valence-electron chi connectivity index (χ4n) is 3.97. The Kier molecular flexibility index (Phi) is 7.32. The maximum absolute atomic E-state index is 5.17. The summed E-state index contributed by atoms with van der Waals surface area (Å²) in [6.07, 6.45) is 11.0. The van der Waals surface area contributed by atoms with Crippen LogP contribution >= 0.6 is 0 Å². The Morgan fingerprint density at radius 1 is 1.15 bits per heavy atom. The number of unbranched alkanes of at least 4 members (excludes halogenated alkanes) is 1. The normalized spacial score (nSPS) is 29.7. The topological polar surface area (TPSA) is 24.5 Å². The molecule has 0 spiro atoms. The predicted octanol–water partition coefficient (Wildman–Crippen LogP) is 3.05. The van der Waals surface area contributed by atoms with E-state index in [1.165, 1.54) is 71.0 Å². The molecule has 2 aliphatic rings. The Hall–Kier alpha value is -0.120. The zero-order chi connectivity index (χ0) is 14.2. The molecule has 2 fully saturated rings. The van der Waals surface area contributed by atoms with E-state index in [1.54, 1.807) is 7.11 Å². The zero-order valence-electron chi connectivity index (χ0n) is 13.6. The number of ether oxygens (including phenoxy) is 1. The summed E-state index contributed by atoms with van der Waals surface area (Å²) in [4.78, 5) is 2.76. The lowest BCUT2D eigenvalue weighted by Crippen LogP contribution is -2.58.